The lowest BCUT2D eigenvalue weighted by Gasteiger charge is -2.38. The van der Waals surface area contributed by atoms with Gasteiger partial charge in [0.15, 0.2) is 5.69 Å². The number of carbonyl (C=O) groups is 1. The van der Waals surface area contributed by atoms with Crippen molar-refractivity contribution in [3.63, 3.8) is 0 Å². The number of anilines is 2. The summed E-state index contributed by atoms with van der Waals surface area (Å²) in [7, 11) is 0. The second-order valence-corrected chi connectivity index (χ2v) is 12.5. The molecule has 4 aromatic rings. The number of aryl methyl sites for hydroxylation is 2. The Morgan fingerprint density at radius 2 is 1.98 bits per heavy atom. The van der Waals surface area contributed by atoms with Crippen molar-refractivity contribution in [2.24, 2.45) is 0 Å². The molecule has 10 nitrogen and oxygen atoms in total. The minimum atomic E-state index is -0.250. The molecular weight excluding hydrogens is 559 g/mol. The van der Waals surface area contributed by atoms with Crippen LogP contribution in [0, 0.1) is 5.82 Å². The summed E-state index contributed by atoms with van der Waals surface area (Å²) < 4.78 is 16.8. The Balaban J connectivity index is 1.17. The zero-order valence-electron chi connectivity index (χ0n) is 25.3. The van der Waals surface area contributed by atoms with Crippen molar-refractivity contribution < 1.29 is 14.3 Å². The molecule has 0 saturated carbocycles. The van der Waals surface area contributed by atoms with E-state index in [2.05, 4.69) is 29.0 Å². The van der Waals surface area contributed by atoms with Gasteiger partial charge in [-0.2, -0.15) is 5.10 Å². The van der Waals surface area contributed by atoms with E-state index in [0.717, 1.165) is 65.3 Å². The minimum absolute atomic E-state index is 0.0280. The van der Waals surface area contributed by atoms with Gasteiger partial charge in [-0.15, -0.1) is 0 Å². The van der Waals surface area contributed by atoms with E-state index < -0.39 is 0 Å². The predicted molar refractivity (Wildman–Crippen MR) is 168 cm³/mol. The molecule has 228 valence electrons. The lowest BCUT2D eigenvalue weighted by molar-refractivity contribution is 0.0645. The maximum atomic E-state index is 14.8. The van der Waals surface area contributed by atoms with Gasteiger partial charge in [-0.3, -0.25) is 9.48 Å². The van der Waals surface area contributed by atoms with Crippen LogP contribution >= 0.6 is 0 Å². The SMILES string of the molecule is CCc1c(F)ccc2cc(O)cc(N3C=Cc4c(ncnc4N4CCCn5nc(C(=O)N6CCNC(C)(C)C6)cc5C4)C3)c12. The molecule has 2 N–H and O–H groups in total. The van der Waals surface area contributed by atoms with Gasteiger partial charge in [-0.1, -0.05) is 13.0 Å². The fraction of sp³-hybridized carbons (Fsp3) is 0.394. The topological polar surface area (TPSA) is 103 Å². The number of nitrogens with zero attached hydrogens (tertiary/aromatic N) is 7. The molecule has 1 fully saturated rings. The normalized spacial score (nSPS) is 17.9. The molecule has 2 aromatic heterocycles. The number of hydrogen-bond acceptors (Lipinski definition) is 8. The average molecular weight is 597 g/mol. The van der Waals surface area contributed by atoms with Crippen molar-refractivity contribution in [1.82, 2.24) is 30.0 Å². The molecule has 1 amide bonds. The third kappa shape index (κ3) is 5.04. The number of nitrogens with one attached hydrogen (secondary N) is 1. The van der Waals surface area contributed by atoms with E-state index in [9.17, 15) is 14.3 Å². The Labute approximate surface area is 255 Å². The zero-order chi connectivity index (χ0) is 30.6. The molecule has 3 aliphatic rings. The van der Waals surface area contributed by atoms with Gasteiger partial charge in [-0.25, -0.2) is 14.4 Å². The van der Waals surface area contributed by atoms with Gasteiger partial charge in [0.25, 0.3) is 5.91 Å². The predicted octanol–water partition coefficient (Wildman–Crippen LogP) is 4.46. The van der Waals surface area contributed by atoms with Gasteiger partial charge >= 0.3 is 0 Å². The molecular formula is C33H37FN8O2. The maximum Gasteiger partial charge on any atom is 0.274 e. The molecule has 11 heteroatoms. The molecule has 44 heavy (non-hydrogen) atoms. The lowest BCUT2D eigenvalue weighted by Crippen LogP contribution is -2.58. The van der Waals surface area contributed by atoms with Crippen LogP contribution in [-0.4, -0.2) is 67.4 Å². The van der Waals surface area contributed by atoms with Crippen LogP contribution in [0.15, 0.2) is 42.9 Å². The number of rotatable bonds is 4. The van der Waals surface area contributed by atoms with Crippen LogP contribution in [0.4, 0.5) is 15.9 Å². The fourth-order valence-corrected chi connectivity index (χ4v) is 6.79. The number of phenols is 1. The van der Waals surface area contributed by atoms with Crippen LogP contribution in [0.25, 0.3) is 16.8 Å². The zero-order valence-corrected chi connectivity index (χ0v) is 25.3. The number of fused-ring (bicyclic) bond motifs is 3. The Morgan fingerprint density at radius 1 is 1.11 bits per heavy atom. The van der Waals surface area contributed by atoms with E-state index in [0.29, 0.717) is 43.9 Å². The van der Waals surface area contributed by atoms with Crippen LogP contribution in [-0.2, 0) is 26.1 Å². The monoisotopic (exact) mass is 596 g/mol. The van der Waals surface area contributed by atoms with Crippen molar-refractivity contribution in [3.8, 4) is 5.75 Å². The first-order valence-electron chi connectivity index (χ1n) is 15.3. The Kier molecular flexibility index (Phi) is 7.00. The summed E-state index contributed by atoms with van der Waals surface area (Å²) in [6.45, 7) is 10.8. The van der Waals surface area contributed by atoms with Gasteiger partial charge in [0.2, 0.25) is 0 Å². The van der Waals surface area contributed by atoms with E-state index in [1.807, 2.05) is 39.7 Å². The number of halogens is 1. The Hall–Kier alpha value is -4.51. The average Bonchev–Trinajstić information content (AvgIpc) is 3.30. The van der Waals surface area contributed by atoms with Crippen molar-refractivity contribution in [2.45, 2.75) is 58.8 Å². The van der Waals surface area contributed by atoms with Gasteiger partial charge in [-0.05, 0) is 61.9 Å². The first-order chi connectivity index (χ1) is 21.2. The molecule has 0 unspecified atom stereocenters. The van der Waals surface area contributed by atoms with Crippen LogP contribution in [0.5, 0.6) is 5.75 Å². The van der Waals surface area contributed by atoms with E-state index in [-0.39, 0.29) is 23.0 Å². The number of aromatic nitrogens is 4. The molecule has 2 aromatic carbocycles. The van der Waals surface area contributed by atoms with Crippen molar-refractivity contribution >= 4 is 34.3 Å². The quantitative estimate of drug-likeness (QED) is 0.356. The maximum absolute atomic E-state index is 14.8. The van der Waals surface area contributed by atoms with Crippen molar-refractivity contribution in [2.75, 3.05) is 36.0 Å². The molecule has 5 heterocycles. The van der Waals surface area contributed by atoms with Crippen LogP contribution in [0.3, 0.4) is 0 Å². The summed E-state index contributed by atoms with van der Waals surface area (Å²) in [4.78, 5) is 28.8. The molecule has 3 aliphatic heterocycles. The number of piperazine rings is 1. The minimum Gasteiger partial charge on any atom is -0.508 e. The number of amides is 1. The molecule has 0 radical (unpaired) electrons. The summed E-state index contributed by atoms with van der Waals surface area (Å²) in [6.07, 6.45) is 6.94. The highest BCUT2D eigenvalue weighted by Gasteiger charge is 2.31. The standard InChI is InChI=1S/C33H37FN8O2/c1-4-24-26(34)7-6-21-14-23(43)16-29(30(21)24)39-12-8-25-28(18-39)35-20-36-31(25)40-10-5-11-42-22(17-40)15-27(38-42)32(44)41-13-9-37-33(2,3)19-41/h6-8,12,14-16,20,37,43H,4-5,9-11,13,17-19H2,1-3H3. The van der Waals surface area contributed by atoms with Crippen LogP contribution in [0.1, 0.15) is 60.2 Å². The number of aromatic hydroxyl groups is 1. The molecule has 0 spiro atoms. The molecule has 7 rings (SSSR count). The second kappa shape index (κ2) is 10.9. The highest BCUT2D eigenvalue weighted by Crippen LogP contribution is 2.38. The van der Waals surface area contributed by atoms with Gasteiger partial charge < -0.3 is 25.1 Å². The molecule has 1 saturated heterocycles. The third-order valence-electron chi connectivity index (χ3n) is 8.87. The van der Waals surface area contributed by atoms with E-state index in [1.54, 1.807) is 24.5 Å². The number of benzene rings is 2. The first kappa shape index (κ1) is 28.3. The fourth-order valence-electron chi connectivity index (χ4n) is 6.79. The Bertz CT molecular complexity index is 1800. The van der Waals surface area contributed by atoms with Crippen LogP contribution in [0.2, 0.25) is 0 Å². The number of phenolic OH excluding ortho intramolecular Hbond substituents is 1. The molecule has 0 atom stereocenters. The lowest BCUT2D eigenvalue weighted by atomic mass is 9.98. The van der Waals surface area contributed by atoms with Crippen molar-refractivity contribution in [3.05, 3.63) is 76.9 Å². The molecule has 0 aliphatic carbocycles. The summed E-state index contributed by atoms with van der Waals surface area (Å²) >= 11 is 0. The Morgan fingerprint density at radius 3 is 2.80 bits per heavy atom. The smallest absolute Gasteiger partial charge is 0.274 e. The third-order valence-corrected chi connectivity index (χ3v) is 8.87. The van der Waals surface area contributed by atoms with Crippen molar-refractivity contribution in [1.29, 1.82) is 0 Å². The van der Waals surface area contributed by atoms with Gasteiger partial charge in [0.1, 0.15) is 23.7 Å². The number of hydrogen-bond donors (Lipinski definition) is 2. The molecule has 0 bridgehead atoms. The van der Waals surface area contributed by atoms with E-state index in [4.69, 9.17) is 10.1 Å². The van der Waals surface area contributed by atoms with Gasteiger partial charge in [0, 0.05) is 61.5 Å². The van der Waals surface area contributed by atoms with E-state index in [1.165, 1.54) is 6.07 Å². The summed E-state index contributed by atoms with van der Waals surface area (Å²) in [6, 6.07) is 8.46. The summed E-state index contributed by atoms with van der Waals surface area (Å²) in [5, 5.41) is 20.3. The number of carbonyl (C=O) groups excluding carboxylic acids is 1. The first-order valence-corrected chi connectivity index (χ1v) is 15.3. The van der Waals surface area contributed by atoms with E-state index >= 15 is 0 Å². The summed E-state index contributed by atoms with van der Waals surface area (Å²) in [5.41, 5.74) is 4.48. The largest absolute Gasteiger partial charge is 0.508 e. The highest BCUT2D eigenvalue weighted by molar-refractivity contribution is 5.99. The summed E-state index contributed by atoms with van der Waals surface area (Å²) in [5.74, 6) is 0.682. The van der Waals surface area contributed by atoms with Crippen LogP contribution < -0.4 is 15.1 Å². The second-order valence-electron chi connectivity index (χ2n) is 12.5. The van der Waals surface area contributed by atoms with Gasteiger partial charge in [0.05, 0.1) is 30.2 Å². The highest BCUT2D eigenvalue weighted by atomic mass is 19.1.